The minimum atomic E-state index is -4.19. The standard InChI is InChI=1S/C23H28N2O7S/c1-15-13-17(6-9-19(15)30-2)33(28,29)25-18(7-10-22(25)26)23(27)24-12-11-16-5-8-20(31-3)21(14-16)32-4/h5-6,8-9,13-14,18H,7,10-12H2,1-4H3,(H,24,27)/t18-/m0/s1. The molecule has 1 aliphatic rings. The third-order valence-electron chi connectivity index (χ3n) is 5.55. The molecule has 1 atom stereocenters. The Morgan fingerprint density at radius 2 is 1.70 bits per heavy atom. The lowest BCUT2D eigenvalue weighted by molar-refractivity contribution is -0.130. The maximum absolute atomic E-state index is 13.2. The summed E-state index contributed by atoms with van der Waals surface area (Å²) in [6.45, 7) is 1.98. The number of sulfonamides is 1. The molecule has 0 saturated carbocycles. The summed E-state index contributed by atoms with van der Waals surface area (Å²) in [4.78, 5) is 25.2. The fourth-order valence-corrected chi connectivity index (χ4v) is 5.50. The Labute approximate surface area is 193 Å². The van der Waals surface area contributed by atoms with Crippen molar-refractivity contribution in [1.82, 2.24) is 9.62 Å². The van der Waals surface area contributed by atoms with Crippen LogP contribution in [0.3, 0.4) is 0 Å². The van der Waals surface area contributed by atoms with E-state index in [4.69, 9.17) is 14.2 Å². The maximum Gasteiger partial charge on any atom is 0.267 e. The van der Waals surface area contributed by atoms with Crippen molar-refractivity contribution in [2.24, 2.45) is 0 Å². The second-order valence-electron chi connectivity index (χ2n) is 7.61. The zero-order chi connectivity index (χ0) is 24.2. The van der Waals surface area contributed by atoms with Crippen LogP contribution in [0, 0.1) is 6.92 Å². The number of hydrogen-bond acceptors (Lipinski definition) is 7. The summed E-state index contributed by atoms with van der Waals surface area (Å²) >= 11 is 0. The Hall–Kier alpha value is -3.27. The first-order valence-electron chi connectivity index (χ1n) is 10.4. The van der Waals surface area contributed by atoms with E-state index in [1.165, 1.54) is 25.3 Å². The van der Waals surface area contributed by atoms with E-state index in [9.17, 15) is 18.0 Å². The summed E-state index contributed by atoms with van der Waals surface area (Å²) in [6, 6.07) is 8.69. The predicted molar refractivity (Wildman–Crippen MR) is 121 cm³/mol. The molecule has 2 aromatic rings. The summed E-state index contributed by atoms with van der Waals surface area (Å²) in [6.07, 6.45) is 0.620. The number of hydrogen-bond donors (Lipinski definition) is 1. The van der Waals surface area contributed by atoms with Gasteiger partial charge < -0.3 is 19.5 Å². The van der Waals surface area contributed by atoms with Crippen molar-refractivity contribution >= 4 is 21.8 Å². The van der Waals surface area contributed by atoms with Crippen LogP contribution in [0.15, 0.2) is 41.3 Å². The van der Waals surface area contributed by atoms with Crippen LogP contribution in [0.25, 0.3) is 0 Å². The monoisotopic (exact) mass is 476 g/mol. The van der Waals surface area contributed by atoms with Crippen molar-refractivity contribution in [3.05, 3.63) is 47.5 Å². The van der Waals surface area contributed by atoms with Crippen molar-refractivity contribution in [3.8, 4) is 17.2 Å². The summed E-state index contributed by atoms with van der Waals surface area (Å²) in [7, 11) is 0.393. The molecule has 1 heterocycles. The molecule has 0 bridgehead atoms. The van der Waals surface area contributed by atoms with Crippen molar-refractivity contribution in [3.63, 3.8) is 0 Å². The molecule has 1 saturated heterocycles. The molecule has 0 unspecified atom stereocenters. The second-order valence-corrected chi connectivity index (χ2v) is 9.43. The number of amides is 2. The highest BCUT2D eigenvalue weighted by Crippen LogP contribution is 2.30. The van der Waals surface area contributed by atoms with E-state index in [-0.39, 0.29) is 24.3 Å². The van der Waals surface area contributed by atoms with E-state index in [1.54, 1.807) is 27.2 Å². The Kier molecular flexibility index (Phi) is 7.47. The number of carbonyl (C=O) groups excluding carboxylic acids is 2. The van der Waals surface area contributed by atoms with Gasteiger partial charge in [-0.15, -0.1) is 0 Å². The van der Waals surface area contributed by atoms with Gasteiger partial charge >= 0.3 is 0 Å². The molecule has 0 aromatic heterocycles. The molecule has 9 nitrogen and oxygen atoms in total. The lowest BCUT2D eigenvalue weighted by Crippen LogP contribution is -2.47. The molecule has 2 aromatic carbocycles. The molecule has 1 aliphatic heterocycles. The Balaban J connectivity index is 1.71. The molecule has 0 spiro atoms. The van der Waals surface area contributed by atoms with Gasteiger partial charge in [-0.2, -0.15) is 0 Å². The molecule has 3 rings (SSSR count). The van der Waals surface area contributed by atoms with Crippen LogP contribution in [0.5, 0.6) is 17.2 Å². The van der Waals surface area contributed by atoms with Gasteiger partial charge in [-0.3, -0.25) is 9.59 Å². The smallest absolute Gasteiger partial charge is 0.267 e. The van der Waals surface area contributed by atoms with E-state index in [0.717, 1.165) is 5.56 Å². The Morgan fingerprint density at radius 1 is 1.03 bits per heavy atom. The van der Waals surface area contributed by atoms with Gasteiger partial charge in [0.05, 0.1) is 26.2 Å². The first-order valence-corrected chi connectivity index (χ1v) is 11.9. The number of nitrogens with one attached hydrogen (secondary N) is 1. The lowest BCUT2D eigenvalue weighted by atomic mass is 10.1. The van der Waals surface area contributed by atoms with E-state index < -0.39 is 27.9 Å². The minimum Gasteiger partial charge on any atom is -0.496 e. The number of benzene rings is 2. The molecule has 33 heavy (non-hydrogen) atoms. The molecule has 0 aliphatic carbocycles. The molecule has 10 heteroatoms. The summed E-state index contributed by atoms with van der Waals surface area (Å²) in [5.41, 5.74) is 1.52. The summed E-state index contributed by atoms with van der Waals surface area (Å²) < 4.78 is 42.8. The second kappa shape index (κ2) is 10.1. The Bertz CT molecular complexity index is 1150. The van der Waals surface area contributed by atoms with E-state index in [2.05, 4.69) is 5.32 Å². The average Bonchev–Trinajstić information content (AvgIpc) is 3.21. The van der Waals surface area contributed by atoms with Gasteiger partial charge in [0.2, 0.25) is 11.8 Å². The van der Waals surface area contributed by atoms with Gasteiger partial charge in [-0.25, -0.2) is 12.7 Å². The average molecular weight is 477 g/mol. The lowest BCUT2D eigenvalue weighted by Gasteiger charge is -2.24. The molecule has 178 valence electrons. The third-order valence-corrected chi connectivity index (χ3v) is 7.37. The highest BCUT2D eigenvalue weighted by molar-refractivity contribution is 7.89. The highest BCUT2D eigenvalue weighted by atomic mass is 32.2. The van der Waals surface area contributed by atoms with E-state index in [0.29, 0.717) is 33.5 Å². The molecular weight excluding hydrogens is 448 g/mol. The molecular formula is C23H28N2O7S. The van der Waals surface area contributed by atoms with Gasteiger partial charge in [0.1, 0.15) is 11.8 Å². The van der Waals surface area contributed by atoms with Crippen molar-refractivity contribution in [2.45, 2.75) is 37.1 Å². The van der Waals surface area contributed by atoms with Gasteiger partial charge in [-0.1, -0.05) is 6.07 Å². The number of nitrogens with zero attached hydrogens (tertiary/aromatic N) is 1. The van der Waals surface area contributed by atoms with Gasteiger partial charge in [-0.05, 0) is 61.2 Å². The number of ether oxygens (including phenoxy) is 3. The van der Waals surface area contributed by atoms with Crippen molar-refractivity contribution in [2.75, 3.05) is 27.9 Å². The van der Waals surface area contributed by atoms with Crippen LogP contribution in [0.1, 0.15) is 24.0 Å². The Morgan fingerprint density at radius 3 is 2.33 bits per heavy atom. The predicted octanol–water partition coefficient (Wildman–Crippen LogP) is 2.06. The number of rotatable bonds is 9. The van der Waals surface area contributed by atoms with Crippen LogP contribution in [0.4, 0.5) is 0 Å². The topological polar surface area (TPSA) is 111 Å². The zero-order valence-corrected chi connectivity index (χ0v) is 19.9. The normalized spacial score (nSPS) is 15.9. The summed E-state index contributed by atoms with van der Waals surface area (Å²) in [5, 5.41) is 2.75. The maximum atomic E-state index is 13.2. The summed E-state index contributed by atoms with van der Waals surface area (Å²) in [5.74, 6) is 0.615. The third kappa shape index (κ3) is 5.05. The van der Waals surface area contributed by atoms with Crippen molar-refractivity contribution < 1.29 is 32.2 Å². The molecule has 2 amide bonds. The molecule has 1 fully saturated rings. The first-order chi connectivity index (χ1) is 15.7. The molecule has 0 radical (unpaired) electrons. The number of carbonyl (C=O) groups is 2. The van der Waals surface area contributed by atoms with Crippen LogP contribution < -0.4 is 19.5 Å². The SMILES string of the molecule is COc1ccc(S(=O)(=O)N2C(=O)CC[C@H]2C(=O)NCCc2ccc(OC)c(OC)c2)cc1C. The first kappa shape index (κ1) is 24.4. The molecule has 1 N–H and O–H groups in total. The number of methoxy groups -OCH3 is 3. The van der Waals surface area contributed by atoms with Gasteiger partial charge in [0.15, 0.2) is 11.5 Å². The van der Waals surface area contributed by atoms with Crippen LogP contribution in [-0.2, 0) is 26.0 Å². The zero-order valence-electron chi connectivity index (χ0n) is 19.1. The van der Waals surface area contributed by atoms with Crippen LogP contribution in [0.2, 0.25) is 0 Å². The fraction of sp³-hybridized carbons (Fsp3) is 0.391. The fourth-order valence-electron chi connectivity index (χ4n) is 3.81. The number of aryl methyl sites for hydroxylation is 1. The quantitative estimate of drug-likeness (QED) is 0.590. The van der Waals surface area contributed by atoms with Gasteiger partial charge in [0.25, 0.3) is 10.0 Å². The minimum absolute atomic E-state index is 0.0118. The van der Waals surface area contributed by atoms with Crippen molar-refractivity contribution in [1.29, 1.82) is 0 Å². The van der Waals surface area contributed by atoms with Crippen LogP contribution in [-0.4, -0.2) is 58.5 Å². The van der Waals surface area contributed by atoms with Crippen LogP contribution >= 0.6 is 0 Å². The van der Waals surface area contributed by atoms with E-state index in [1.807, 2.05) is 12.1 Å². The highest BCUT2D eigenvalue weighted by Gasteiger charge is 2.44. The van der Waals surface area contributed by atoms with Gasteiger partial charge in [0, 0.05) is 13.0 Å². The largest absolute Gasteiger partial charge is 0.496 e. The van der Waals surface area contributed by atoms with E-state index >= 15 is 0 Å².